The van der Waals surface area contributed by atoms with E-state index in [2.05, 4.69) is 32.6 Å². The van der Waals surface area contributed by atoms with Crippen LogP contribution in [-0.2, 0) is 25.4 Å². The zero-order chi connectivity index (χ0) is 28.9. The van der Waals surface area contributed by atoms with Crippen LogP contribution in [0, 0.1) is 5.92 Å². The molecule has 1 aromatic carbocycles. The van der Waals surface area contributed by atoms with Crippen LogP contribution in [0.15, 0.2) is 72.4 Å². The number of cyclic esters (lactones) is 1. The fourth-order valence-electron chi connectivity index (χ4n) is 6.26. The molecule has 7 nitrogen and oxygen atoms in total. The van der Waals surface area contributed by atoms with Gasteiger partial charge in [-0.3, -0.25) is 0 Å². The van der Waals surface area contributed by atoms with E-state index in [1.165, 1.54) is 5.57 Å². The quantitative estimate of drug-likeness (QED) is 0.302. The number of rotatable bonds is 3. The minimum Gasteiger partial charge on any atom is -0.456 e. The Morgan fingerprint density at radius 3 is 2.76 bits per heavy atom. The minimum atomic E-state index is -1.06. The van der Waals surface area contributed by atoms with Crippen molar-refractivity contribution in [3.63, 3.8) is 0 Å². The summed E-state index contributed by atoms with van der Waals surface area (Å²) in [7, 11) is 0. The van der Waals surface area contributed by atoms with Gasteiger partial charge in [0.15, 0.2) is 0 Å². The second-order valence-electron chi connectivity index (χ2n) is 12.2. The molecule has 0 aliphatic carbocycles. The number of benzene rings is 1. The van der Waals surface area contributed by atoms with Crippen LogP contribution in [0.2, 0.25) is 0 Å². The summed E-state index contributed by atoms with van der Waals surface area (Å²) in [5, 5.41) is 22.1. The highest BCUT2D eigenvalue weighted by Crippen LogP contribution is 2.35. The Morgan fingerprint density at radius 1 is 1.10 bits per heavy atom. The number of hydrogen-bond acceptors (Lipinski definition) is 7. The summed E-state index contributed by atoms with van der Waals surface area (Å²) in [6.07, 6.45) is 10.8. The summed E-state index contributed by atoms with van der Waals surface area (Å²) in [6, 6.07) is 7.42. The van der Waals surface area contributed by atoms with Crippen molar-refractivity contribution in [1.82, 2.24) is 0 Å². The molecule has 1 aromatic rings. The second-order valence-corrected chi connectivity index (χ2v) is 12.2. The van der Waals surface area contributed by atoms with Gasteiger partial charge in [-0.25, -0.2) is 4.79 Å². The maximum Gasteiger partial charge on any atom is 0.338 e. The summed E-state index contributed by atoms with van der Waals surface area (Å²) >= 11 is 0. The Labute approximate surface area is 243 Å². The summed E-state index contributed by atoms with van der Waals surface area (Å²) in [6.45, 7) is 9.02. The van der Waals surface area contributed by atoms with Crippen LogP contribution < -0.4 is 0 Å². The van der Waals surface area contributed by atoms with Crippen molar-refractivity contribution in [2.24, 2.45) is 5.92 Å². The van der Waals surface area contributed by atoms with Gasteiger partial charge in [0.05, 0.1) is 42.7 Å². The molecule has 9 atom stereocenters. The van der Waals surface area contributed by atoms with E-state index < -0.39 is 24.3 Å². The molecule has 4 heterocycles. The highest BCUT2D eigenvalue weighted by atomic mass is 16.6. The summed E-state index contributed by atoms with van der Waals surface area (Å²) in [5.41, 5.74) is 3.53. The lowest BCUT2D eigenvalue weighted by molar-refractivity contribution is -0.0107. The number of aliphatic hydroxyl groups excluding tert-OH is 2. The Hall–Kier alpha value is -2.55. The predicted molar refractivity (Wildman–Crippen MR) is 156 cm³/mol. The van der Waals surface area contributed by atoms with E-state index in [9.17, 15) is 15.0 Å². The van der Waals surface area contributed by atoms with Crippen LogP contribution in [0.25, 0.3) is 0 Å². The molecule has 0 spiro atoms. The van der Waals surface area contributed by atoms with Gasteiger partial charge in [0, 0.05) is 12.8 Å². The van der Waals surface area contributed by atoms with Gasteiger partial charge in [-0.15, -0.1) is 0 Å². The first-order valence-electron chi connectivity index (χ1n) is 15.0. The molecular weight excluding hydrogens is 520 g/mol. The highest BCUT2D eigenvalue weighted by molar-refractivity contribution is 5.91. The molecule has 0 radical (unpaired) electrons. The second kappa shape index (κ2) is 13.6. The molecule has 0 saturated carbocycles. The lowest BCUT2D eigenvalue weighted by atomic mass is 9.90. The molecule has 1 saturated heterocycles. The van der Waals surface area contributed by atoms with Crippen LogP contribution in [0.4, 0.5) is 0 Å². The number of carbonyl (C=O) groups excluding carboxylic acids is 1. The number of aliphatic hydroxyl groups is 2. The molecule has 5 rings (SSSR count). The largest absolute Gasteiger partial charge is 0.456 e. The van der Waals surface area contributed by atoms with Gasteiger partial charge in [-0.1, -0.05) is 73.2 Å². The van der Waals surface area contributed by atoms with E-state index in [1.807, 2.05) is 30.4 Å². The van der Waals surface area contributed by atoms with Crippen molar-refractivity contribution < 1.29 is 34.0 Å². The van der Waals surface area contributed by atoms with Crippen molar-refractivity contribution in [2.75, 3.05) is 6.61 Å². The zero-order valence-electron chi connectivity index (χ0n) is 24.2. The SMILES string of the molecule is C=C1C[C@H](C)C[C@@H]2CC=C[C@@H](Cc3ccccc3C(=O)O[C@H]([C@@H](O)/C=C/[C@@H]3CC(C)=CCO3)C[C@H]3O[C@H]3[C@@H](O)C1)O2. The molecule has 0 unspecified atom stereocenters. The predicted octanol–water partition coefficient (Wildman–Crippen LogP) is 5.02. The van der Waals surface area contributed by atoms with Gasteiger partial charge in [0.25, 0.3) is 0 Å². The number of hydrogen-bond donors (Lipinski definition) is 2. The average Bonchev–Trinajstić information content (AvgIpc) is 3.70. The standard InChI is InChI=1S/C34H44O7/c1-21-13-14-38-25(16-21)11-12-29(35)31-20-32-33(40-32)30(36)18-23(3)15-22(2)17-26-8-6-9-27(39-26)19-24-7-4-5-10-28(24)34(37)41-31/h4-7,9-13,22,25-27,29-33,35-36H,3,8,14-20H2,1-2H3/b12-11+/t22-,25+,26-,27-,29-,30-,31-,32+,33-/m0/s1. The van der Waals surface area contributed by atoms with E-state index in [0.717, 1.165) is 36.8 Å². The normalized spacial score (nSPS) is 35.9. The number of ether oxygens (including phenoxy) is 4. The molecule has 4 aliphatic heterocycles. The Bertz CT molecular complexity index is 1170. The first-order valence-corrected chi connectivity index (χ1v) is 15.0. The number of fused-ring (bicyclic) bond motifs is 4. The zero-order valence-corrected chi connectivity index (χ0v) is 24.2. The highest BCUT2D eigenvalue weighted by Gasteiger charge is 2.47. The fourth-order valence-corrected chi connectivity index (χ4v) is 6.26. The molecule has 2 bridgehead atoms. The molecule has 1 fully saturated rings. The fraction of sp³-hybridized carbons (Fsp3) is 0.559. The third-order valence-electron chi connectivity index (χ3n) is 8.47. The number of epoxide rings is 1. The van der Waals surface area contributed by atoms with E-state index in [1.54, 1.807) is 12.1 Å². The molecule has 4 aliphatic rings. The van der Waals surface area contributed by atoms with Crippen LogP contribution in [0.3, 0.4) is 0 Å². The van der Waals surface area contributed by atoms with E-state index in [0.29, 0.717) is 30.9 Å². The van der Waals surface area contributed by atoms with Gasteiger partial charge in [0.1, 0.15) is 18.3 Å². The summed E-state index contributed by atoms with van der Waals surface area (Å²) in [4.78, 5) is 13.6. The van der Waals surface area contributed by atoms with Gasteiger partial charge >= 0.3 is 5.97 Å². The van der Waals surface area contributed by atoms with Crippen molar-refractivity contribution >= 4 is 5.97 Å². The summed E-state index contributed by atoms with van der Waals surface area (Å²) < 4.78 is 24.0. The van der Waals surface area contributed by atoms with Crippen molar-refractivity contribution in [1.29, 1.82) is 0 Å². The van der Waals surface area contributed by atoms with Crippen LogP contribution in [0.5, 0.6) is 0 Å². The van der Waals surface area contributed by atoms with Gasteiger partial charge in [-0.05, 0) is 56.6 Å². The van der Waals surface area contributed by atoms with Gasteiger partial charge in [0.2, 0.25) is 0 Å². The van der Waals surface area contributed by atoms with Crippen LogP contribution in [-0.4, -0.2) is 71.6 Å². The lowest BCUT2D eigenvalue weighted by Crippen LogP contribution is -2.33. The molecule has 7 heteroatoms. The first kappa shape index (κ1) is 29.9. The molecule has 0 amide bonds. The smallest absolute Gasteiger partial charge is 0.338 e. The van der Waals surface area contributed by atoms with E-state index in [-0.39, 0.29) is 36.9 Å². The average molecular weight is 565 g/mol. The molecule has 41 heavy (non-hydrogen) atoms. The van der Waals surface area contributed by atoms with Crippen LogP contribution >= 0.6 is 0 Å². The molecule has 0 aromatic heterocycles. The van der Waals surface area contributed by atoms with E-state index >= 15 is 0 Å². The maximum atomic E-state index is 13.6. The van der Waals surface area contributed by atoms with Crippen molar-refractivity contribution in [3.8, 4) is 0 Å². The lowest BCUT2D eigenvalue weighted by Gasteiger charge is -2.29. The Morgan fingerprint density at radius 2 is 1.93 bits per heavy atom. The monoisotopic (exact) mass is 564 g/mol. The molecule has 2 N–H and O–H groups in total. The molecular formula is C34H44O7. The minimum absolute atomic E-state index is 0.0885. The van der Waals surface area contributed by atoms with Gasteiger partial charge < -0.3 is 29.2 Å². The summed E-state index contributed by atoms with van der Waals surface area (Å²) in [5.74, 6) is -0.134. The molecule has 222 valence electrons. The van der Waals surface area contributed by atoms with Crippen LogP contribution in [0.1, 0.15) is 68.3 Å². The number of carbonyl (C=O) groups is 1. The third kappa shape index (κ3) is 8.27. The third-order valence-corrected chi connectivity index (χ3v) is 8.47. The van der Waals surface area contributed by atoms with Crippen molar-refractivity contribution in [2.45, 2.75) is 108 Å². The Kier molecular flexibility index (Phi) is 9.94. The van der Waals surface area contributed by atoms with E-state index in [4.69, 9.17) is 18.9 Å². The first-order chi connectivity index (χ1) is 19.7. The van der Waals surface area contributed by atoms with Gasteiger partial charge in [-0.2, -0.15) is 0 Å². The Balaban J connectivity index is 1.37. The maximum absolute atomic E-state index is 13.6. The topological polar surface area (TPSA) is 97.8 Å². The van der Waals surface area contributed by atoms with Crippen molar-refractivity contribution in [3.05, 3.63) is 83.5 Å². The number of esters is 1.